The molecule has 1 aliphatic carbocycles. The highest BCUT2D eigenvalue weighted by atomic mass is 32.1. The minimum Gasteiger partial charge on any atom is -0.398 e. The van der Waals surface area contributed by atoms with Crippen LogP contribution >= 0.6 is 11.5 Å². The van der Waals surface area contributed by atoms with Crippen molar-refractivity contribution in [3.8, 4) is 6.07 Å². The van der Waals surface area contributed by atoms with Gasteiger partial charge in [-0.15, -0.1) is 0 Å². The number of nitrogens with two attached hydrogens (primary N) is 1. The maximum atomic E-state index is 9.10. The molecule has 0 radical (unpaired) electrons. The van der Waals surface area contributed by atoms with Crippen LogP contribution in [0.25, 0.3) is 0 Å². The maximum Gasteiger partial charge on any atom is 0.101 e. The summed E-state index contributed by atoms with van der Waals surface area (Å²) in [5.41, 5.74) is 12.3. The van der Waals surface area contributed by atoms with Crippen LogP contribution in [0.3, 0.4) is 0 Å². The Bertz CT molecular complexity index is 1110. The molecule has 1 aliphatic rings. The van der Waals surface area contributed by atoms with Crippen molar-refractivity contribution in [2.45, 2.75) is 32.2 Å². The molecule has 0 aliphatic heterocycles. The summed E-state index contributed by atoms with van der Waals surface area (Å²) in [5, 5.41) is 21.2. The Morgan fingerprint density at radius 3 is 3.00 bits per heavy atom. The Labute approximate surface area is 170 Å². The summed E-state index contributed by atoms with van der Waals surface area (Å²) in [4.78, 5) is 5.34. The Kier molecular flexibility index (Phi) is 4.80. The van der Waals surface area contributed by atoms with E-state index in [1.54, 1.807) is 6.20 Å². The molecule has 0 unspecified atom stereocenters. The van der Waals surface area contributed by atoms with Crippen LogP contribution in [0.4, 0.5) is 11.4 Å². The maximum absolute atomic E-state index is 9.10. The minimum atomic E-state index is 0. The van der Waals surface area contributed by atoms with Crippen molar-refractivity contribution < 1.29 is 2.85 Å². The fraction of sp³-hybridized carbons (Fsp3) is 0.238. The number of aryl methyl sites for hydroxylation is 2. The number of nitriles is 1. The number of fused-ring (bicyclic) bond motifs is 1. The third kappa shape index (κ3) is 3.47. The van der Waals surface area contributed by atoms with E-state index in [-0.39, 0.29) is 8.90 Å². The van der Waals surface area contributed by atoms with Crippen LogP contribution in [0.5, 0.6) is 0 Å². The second-order valence-corrected chi connectivity index (χ2v) is 7.78. The largest absolute Gasteiger partial charge is 0.398 e. The Morgan fingerprint density at radius 1 is 1.39 bits per heavy atom. The van der Waals surface area contributed by atoms with E-state index in [0.29, 0.717) is 22.5 Å². The molecule has 0 fully saturated rings. The first-order chi connectivity index (χ1) is 13.5. The Balaban J connectivity index is 0.00000160. The molecule has 0 bridgehead atoms. The molecule has 0 amide bonds. The summed E-state index contributed by atoms with van der Waals surface area (Å²) in [6.07, 6.45) is 4.59. The predicted molar refractivity (Wildman–Crippen MR) is 116 cm³/mol. The molecule has 0 spiro atoms. The van der Waals surface area contributed by atoms with Crippen molar-refractivity contribution in [1.82, 2.24) is 9.36 Å². The molecule has 2 heterocycles. The summed E-state index contributed by atoms with van der Waals surface area (Å²) in [5.74, 6) is 0. The third-order valence-corrected chi connectivity index (χ3v) is 5.84. The summed E-state index contributed by atoms with van der Waals surface area (Å²) in [6, 6.07) is 11.8. The second kappa shape index (κ2) is 7.41. The third-order valence-electron chi connectivity index (χ3n) is 4.94. The van der Waals surface area contributed by atoms with E-state index < -0.39 is 0 Å². The molecule has 2 aromatic heterocycles. The van der Waals surface area contributed by atoms with E-state index in [9.17, 15) is 0 Å². The molecule has 1 aromatic carbocycles. The van der Waals surface area contributed by atoms with Gasteiger partial charge in [0.1, 0.15) is 6.07 Å². The number of anilines is 2. The zero-order valence-corrected chi connectivity index (χ0v) is 16.3. The average molecular weight is 393 g/mol. The van der Waals surface area contributed by atoms with E-state index in [2.05, 4.69) is 20.7 Å². The van der Waals surface area contributed by atoms with E-state index >= 15 is 0 Å². The number of nitrogens with zero attached hydrogens (tertiary/aromatic N) is 3. The second-order valence-electron chi connectivity index (χ2n) is 6.98. The van der Waals surface area contributed by atoms with Gasteiger partial charge in [-0.05, 0) is 73.6 Å². The number of pyridine rings is 1. The van der Waals surface area contributed by atoms with Crippen LogP contribution < -0.4 is 11.1 Å². The molecular formula is C21H24N6S. The number of hydrogen-bond acceptors (Lipinski definition) is 7. The van der Waals surface area contributed by atoms with Crippen LogP contribution in [0.15, 0.2) is 36.5 Å². The quantitative estimate of drug-likeness (QED) is 0.440. The van der Waals surface area contributed by atoms with Crippen LogP contribution in [0.2, 0.25) is 0 Å². The van der Waals surface area contributed by atoms with Gasteiger partial charge in [-0.1, -0.05) is 0 Å². The summed E-state index contributed by atoms with van der Waals surface area (Å²) in [7, 11) is 0. The average Bonchev–Trinajstić information content (AvgIpc) is 3.15. The molecule has 7 heteroatoms. The van der Waals surface area contributed by atoms with Crippen molar-refractivity contribution in [2.75, 3.05) is 11.1 Å². The van der Waals surface area contributed by atoms with E-state index in [1.807, 2.05) is 37.3 Å². The zero-order valence-electron chi connectivity index (χ0n) is 15.5. The fourth-order valence-corrected chi connectivity index (χ4v) is 4.27. The first kappa shape index (κ1) is 18.1. The normalized spacial score (nSPS) is 15.5. The van der Waals surface area contributed by atoms with Gasteiger partial charge in [-0.25, -0.2) is 0 Å². The zero-order chi connectivity index (χ0) is 19.7. The monoisotopic (exact) mass is 392 g/mol. The molecule has 144 valence electrons. The van der Waals surface area contributed by atoms with E-state index in [4.69, 9.17) is 16.4 Å². The molecule has 4 N–H and O–H groups in total. The van der Waals surface area contributed by atoms with Crippen LogP contribution in [-0.4, -0.2) is 15.1 Å². The fourth-order valence-electron chi connectivity index (χ4n) is 3.55. The molecule has 28 heavy (non-hydrogen) atoms. The van der Waals surface area contributed by atoms with Crippen molar-refractivity contribution in [3.63, 3.8) is 0 Å². The van der Waals surface area contributed by atoms with Crippen molar-refractivity contribution in [3.05, 3.63) is 69.5 Å². The molecule has 4 rings (SSSR count). The van der Waals surface area contributed by atoms with Gasteiger partial charge in [0.15, 0.2) is 0 Å². The summed E-state index contributed by atoms with van der Waals surface area (Å²) < 4.78 is 4.26. The Morgan fingerprint density at radius 2 is 2.25 bits per heavy atom. The number of nitrogen functional groups attached to an aromatic ring is 1. The van der Waals surface area contributed by atoms with Gasteiger partial charge in [-0.2, -0.15) is 9.64 Å². The molecule has 0 saturated carbocycles. The Hall–Kier alpha value is -3.24. The number of aromatic nitrogens is 2. The molecular weight excluding hydrogens is 368 g/mol. The van der Waals surface area contributed by atoms with Gasteiger partial charge in [0.2, 0.25) is 0 Å². The molecule has 3 aromatic rings. The number of benzene rings is 1. The highest BCUT2D eigenvalue weighted by Crippen LogP contribution is 2.32. The smallest absolute Gasteiger partial charge is 0.101 e. The summed E-state index contributed by atoms with van der Waals surface area (Å²) >= 11 is 1.31. The molecule has 6 nitrogen and oxygen atoms in total. The first-order valence-corrected chi connectivity index (χ1v) is 9.90. The standard InChI is InChI=1S/C21H20N6S.2H2/c1-12-7-19(28-27-12)20(24)16-9-15(5-6-17(16)23)26-18-4-2-3-14-8-13(10-22)11-25-21(14)18;;/h5-9,11,18,24,26H,2-4,23H2,1H3;2*1H/t18-;;/m1../s1. The number of hydrogen-bond donors (Lipinski definition) is 3. The minimum absolute atomic E-state index is 0. The topological polar surface area (TPSA) is 111 Å². The SMILES string of the molecule is Cc1cc(C(=N)c2cc(N[C@@H]3CCCc4cc(C#N)cnc43)ccc2N)sn1.[HH].[HH]. The van der Waals surface area contributed by atoms with Gasteiger partial charge in [0.25, 0.3) is 0 Å². The van der Waals surface area contributed by atoms with Gasteiger partial charge in [0, 0.05) is 26.0 Å². The predicted octanol–water partition coefficient (Wildman–Crippen LogP) is 4.70. The van der Waals surface area contributed by atoms with Crippen molar-refractivity contribution in [1.29, 1.82) is 10.7 Å². The number of nitrogens with one attached hydrogen (secondary N) is 2. The molecule has 1 atom stereocenters. The van der Waals surface area contributed by atoms with E-state index in [1.165, 1.54) is 11.5 Å². The lowest BCUT2D eigenvalue weighted by molar-refractivity contribution is 0.583. The number of rotatable bonds is 4. The lowest BCUT2D eigenvalue weighted by atomic mass is 9.91. The van der Waals surface area contributed by atoms with Crippen molar-refractivity contribution >= 4 is 28.6 Å². The lowest BCUT2D eigenvalue weighted by Crippen LogP contribution is -2.19. The van der Waals surface area contributed by atoms with Gasteiger partial charge in [-0.3, -0.25) is 10.4 Å². The van der Waals surface area contributed by atoms with Gasteiger partial charge in [0.05, 0.1) is 33.6 Å². The highest BCUT2D eigenvalue weighted by molar-refractivity contribution is 7.08. The van der Waals surface area contributed by atoms with Crippen LogP contribution in [0, 0.1) is 23.7 Å². The van der Waals surface area contributed by atoms with Gasteiger partial charge < -0.3 is 11.1 Å². The van der Waals surface area contributed by atoms with Crippen LogP contribution in [0.1, 0.15) is 54.7 Å². The lowest BCUT2D eigenvalue weighted by Gasteiger charge is -2.26. The summed E-state index contributed by atoms with van der Waals surface area (Å²) in [6.45, 7) is 1.92. The van der Waals surface area contributed by atoms with Crippen LogP contribution in [-0.2, 0) is 6.42 Å². The first-order valence-electron chi connectivity index (χ1n) is 9.12. The van der Waals surface area contributed by atoms with Crippen molar-refractivity contribution in [2.24, 2.45) is 0 Å². The van der Waals surface area contributed by atoms with E-state index in [0.717, 1.165) is 46.8 Å². The highest BCUT2D eigenvalue weighted by Gasteiger charge is 2.22. The van der Waals surface area contributed by atoms with Gasteiger partial charge >= 0.3 is 0 Å². The molecule has 0 saturated heterocycles.